The molecule has 108 valence electrons. The highest BCUT2D eigenvalue weighted by molar-refractivity contribution is 5.93. The van der Waals surface area contributed by atoms with Crippen molar-refractivity contribution >= 4 is 11.6 Å². The van der Waals surface area contributed by atoms with Crippen molar-refractivity contribution in [3.63, 3.8) is 0 Å². The molecule has 2 bridgehead atoms. The molecule has 3 rings (SSSR count). The fraction of sp³-hybridized carbons (Fsp3) is 0.562. The average Bonchev–Trinajstić information content (AvgIpc) is 2.71. The summed E-state index contributed by atoms with van der Waals surface area (Å²) in [4.78, 5) is 13.9. The molecule has 2 heterocycles. The molecule has 0 radical (unpaired) electrons. The van der Waals surface area contributed by atoms with E-state index in [1.807, 2.05) is 12.1 Å². The monoisotopic (exact) mass is 273 g/mol. The molecule has 2 saturated heterocycles. The molecule has 2 fully saturated rings. The minimum Gasteiger partial charge on any atom is -0.366 e. The molecule has 1 aromatic carbocycles. The Hall–Kier alpha value is -1.55. The van der Waals surface area contributed by atoms with Crippen LogP contribution in [0.15, 0.2) is 24.3 Å². The van der Waals surface area contributed by atoms with Crippen LogP contribution in [0.3, 0.4) is 0 Å². The van der Waals surface area contributed by atoms with Gasteiger partial charge in [0.25, 0.3) is 0 Å². The van der Waals surface area contributed by atoms with Crippen molar-refractivity contribution in [3.05, 3.63) is 29.8 Å². The van der Waals surface area contributed by atoms with E-state index in [1.165, 1.54) is 25.7 Å². The molecule has 3 N–H and O–H groups in total. The van der Waals surface area contributed by atoms with Gasteiger partial charge in [-0.3, -0.25) is 4.79 Å². The van der Waals surface area contributed by atoms with Crippen LogP contribution < -0.4 is 16.0 Å². The van der Waals surface area contributed by atoms with Gasteiger partial charge in [0.1, 0.15) is 0 Å². The molecule has 2 aliphatic heterocycles. The highest BCUT2D eigenvalue weighted by atomic mass is 16.1. The number of amides is 1. The van der Waals surface area contributed by atoms with E-state index in [2.05, 4.69) is 23.2 Å². The lowest BCUT2D eigenvalue weighted by Crippen LogP contribution is -2.49. The first-order valence-corrected chi connectivity index (χ1v) is 7.60. The van der Waals surface area contributed by atoms with Crippen LogP contribution in [-0.2, 0) is 0 Å². The Labute approximate surface area is 120 Å². The summed E-state index contributed by atoms with van der Waals surface area (Å²) in [6, 6.07) is 9.62. The zero-order valence-corrected chi connectivity index (χ0v) is 12.0. The summed E-state index contributed by atoms with van der Waals surface area (Å²) in [6.07, 6.45) is 4.91. The summed E-state index contributed by atoms with van der Waals surface area (Å²) >= 11 is 0. The molecule has 20 heavy (non-hydrogen) atoms. The molecular weight excluding hydrogens is 250 g/mol. The number of nitrogens with zero attached hydrogens (tertiary/aromatic N) is 1. The van der Waals surface area contributed by atoms with Crippen molar-refractivity contribution < 1.29 is 4.79 Å². The summed E-state index contributed by atoms with van der Waals surface area (Å²) in [5.74, 6) is -0.346. The van der Waals surface area contributed by atoms with Gasteiger partial charge in [-0.2, -0.15) is 0 Å². The van der Waals surface area contributed by atoms with Crippen LogP contribution in [0.1, 0.15) is 43.0 Å². The van der Waals surface area contributed by atoms with Crippen molar-refractivity contribution in [1.82, 2.24) is 5.32 Å². The highest BCUT2D eigenvalue weighted by Gasteiger charge is 2.40. The predicted molar refractivity (Wildman–Crippen MR) is 80.9 cm³/mol. The second kappa shape index (κ2) is 5.44. The van der Waals surface area contributed by atoms with E-state index < -0.39 is 0 Å². The first-order valence-electron chi connectivity index (χ1n) is 7.60. The number of hydrogen-bond acceptors (Lipinski definition) is 3. The number of benzene rings is 1. The minimum absolute atomic E-state index is 0.346. The summed E-state index contributed by atoms with van der Waals surface area (Å²) in [5.41, 5.74) is 7.15. The molecule has 2 unspecified atom stereocenters. The molecule has 2 atom stereocenters. The number of fused-ring (bicyclic) bond motifs is 2. The quantitative estimate of drug-likeness (QED) is 0.881. The van der Waals surface area contributed by atoms with Gasteiger partial charge in [-0.05, 0) is 50.4 Å². The van der Waals surface area contributed by atoms with Gasteiger partial charge >= 0.3 is 0 Å². The van der Waals surface area contributed by atoms with Gasteiger partial charge in [0.15, 0.2) is 0 Å². The fourth-order valence-corrected chi connectivity index (χ4v) is 3.87. The fourth-order valence-electron chi connectivity index (χ4n) is 3.87. The number of nitrogens with two attached hydrogens (primary N) is 1. The van der Waals surface area contributed by atoms with Gasteiger partial charge in [0.05, 0.1) is 0 Å². The minimum atomic E-state index is -0.346. The summed E-state index contributed by atoms with van der Waals surface area (Å²) in [5, 5.41) is 3.59. The maximum atomic E-state index is 11.3. The number of piperidine rings is 1. The van der Waals surface area contributed by atoms with Crippen molar-refractivity contribution in [2.24, 2.45) is 5.73 Å². The van der Waals surface area contributed by atoms with Crippen LogP contribution in [0.25, 0.3) is 0 Å². The Bertz CT molecular complexity index is 488. The molecule has 4 nitrogen and oxygen atoms in total. The first-order chi connectivity index (χ1) is 9.69. The Morgan fingerprint density at radius 3 is 2.65 bits per heavy atom. The molecule has 0 saturated carbocycles. The number of nitrogens with one attached hydrogen (secondary N) is 1. The molecule has 4 heteroatoms. The van der Waals surface area contributed by atoms with Crippen LogP contribution in [0.4, 0.5) is 5.69 Å². The van der Waals surface area contributed by atoms with E-state index in [-0.39, 0.29) is 5.91 Å². The Morgan fingerprint density at radius 1 is 1.35 bits per heavy atom. The zero-order chi connectivity index (χ0) is 14.1. The number of carbonyl (C=O) groups excluding carboxylic acids is 1. The zero-order valence-electron chi connectivity index (χ0n) is 12.0. The predicted octanol–water partition coefficient (Wildman–Crippen LogP) is 1.89. The van der Waals surface area contributed by atoms with E-state index in [0.29, 0.717) is 23.7 Å². The first kappa shape index (κ1) is 13.4. The number of hydrogen-bond donors (Lipinski definition) is 2. The lowest BCUT2D eigenvalue weighted by Gasteiger charge is -2.41. The normalized spacial score (nSPS) is 28.6. The smallest absolute Gasteiger partial charge is 0.248 e. The van der Waals surface area contributed by atoms with Gasteiger partial charge in [0.2, 0.25) is 5.91 Å². The molecule has 0 aromatic heterocycles. The van der Waals surface area contributed by atoms with Crippen LogP contribution in [0.5, 0.6) is 0 Å². The largest absolute Gasteiger partial charge is 0.366 e. The second-order valence-electron chi connectivity index (χ2n) is 5.93. The van der Waals surface area contributed by atoms with E-state index in [4.69, 9.17) is 5.73 Å². The molecular formula is C16H23N3O. The van der Waals surface area contributed by atoms with Crippen LogP contribution in [-0.4, -0.2) is 30.6 Å². The van der Waals surface area contributed by atoms with E-state index in [9.17, 15) is 4.79 Å². The lowest BCUT2D eigenvalue weighted by atomic mass is 9.96. The van der Waals surface area contributed by atoms with E-state index >= 15 is 0 Å². The van der Waals surface area contributed by atoms with Crippen molar-refractivity contribution in [2.75, 3.05) is 11.4 Å². The molecule has 2 aliphatic rings. The van der Waals surface area contributed by atoms with Crippen molar-refractivity contribution in [3.8, 4) is 0 Å². The maximum Gasteiger partial charge on any atom is 0.248 e. The summed E-state index contributed by atoms with van der Waals surface area (Å²) in [6.45, 7) is 3.21. The standard InChI is InChI=1S/C16H23N3O/c1-2-18-12-9-14-6-7-15(10-12)19(14)13-5-3-4-11(8-13)16(17)20/h3-5,8,12,14-15,18H,2,6-7,9-10H2,1H3,(H2,17,20). The lowest BCUT2D eigenvalue weighted by molar-refractivity contribution is 0.100. The Morgan fingerprint density at radius 2 is 2.05 bits per heavy atom. The van der Waals surface area contributed by atoms with Crippen molar-refractivity contribution in [1.29, 1.82) is 0 Å². The molecule has 1 aromatic rings. The molecule has 0 spiro atoms. The third-order valence-corrected chi connectivity index (χ3v) is 4.65. The third-order valence-electron chi connectivity index (χ3n) is 4.65. The van der Waals surface area contributed by atoms with Gasteiger partial charge in [-0.15, -0.1) is 0 Å². The van der Waals surface area contributed by atoms with Crippen LogP contribution in [0, 0.1) is 0 Å². The molecule has 0 aliphatic carbocycles. The number of carbonyl (C=O) groups is 1. The summed E-state index contributed by atoms with van der Waals surface area (Å²) in [7, 11) is 0. The van der Waals surface area contributed by atoms with Crippen LogP contribution in [0.2, 0.25) is 0 Å². The van der Waals surface area contributed by atoms with Gasteiger partial charge in [0, 0.05) is 29.4 Å². The third kappa shape index (κ3) is 2.40. The van der Waals surface area contributed by atoms with Gasteiger partial charge in [-0.25, -0.2) is 0 Å². The number of rotatable bonds is 4. The second-order valence-corrected chi connectivity index (χ2v) is 5.93. The molecule has 1 amide bonds. The van der Waals surface area contributed by atoms with E-state index in [1.54, 1.807) is 6.07 Å². The van der Waals surface area contributed by atoms with Crippen molar-refractivity contribution in [2.45, 2.75) is 50.7 Å². The van der Waals surface area contributed by atoms with Crippen LogP contribution >= 0.6 is 0 Å². The van der Waals surface area contributed by atoms with Gasteiger partial charge < -0.3 is 16.0 Å². The SMILES string of the molecule is CCNC1CC2CCC(C1)N2c1cccc(C(N)=O)c1. The Kier molecular flexibility index (Phi) is 3.66. The Balaban J connectivity index is 1.82. The van der Waals surface area contributed by atoms with Gasteiger partial charge in [-0.1, -0.05) is 13.0 Å². The maximum absolute atomic E-state index is 11.3. The van der Waals surface area contributed by atoms with E-state index in [0.717, 1.165) is 12.2 Å². The highest BCUT2D eigenvalue weighted by Crippen LogP contribution is 2.39. The number of primary amides is 1. The topological polar surface area (TPSA) is 58.4 Å². The number of anilines is 1. The summed E-state index contributed by atoms with van der Waals surface area (Å²) < 4.78 is 0. The average molecular weight is 273 g/mol.